The van der Waals surface area contributed by atoms with E-state index >= 15 is 0 Å². The standard InChI is InChI=1S/C22H35F3N2O4/c1-12-10-26(21(28)15-6-5-14(30-3)9-17(15)23)11-13(2)27(12)22(29)16-7-8-18(31-4)20(25)19(16)24/h12-20H,5-11H2,1-4H3/t12-,13-,14?,15?,16?,17?,18?,19?,20?/m1/s1. The normalized spacial score (nSPS) is 41.8. The lowest BCUT2D eigenvalue weighted by Gasteiger charge is -2.47. The average Bonchev–Trinajstić information content (AvgIpc) is 2.74. The number of rotatable bonds is 4. The molecule has 0 radical (unpaired) electrons. The van der Waals surface area contributed by atoms with Crippen molar-refractivity contribution in [2.24, 2.45) is 11.8 Å². The highest BCUT2D eigenvalue weighted by Gasteiger charge is 2.48. The maximum absolute atomic E-state index is 14.7. The van der Waals surface area contributed by atoms with Crippen LogP contribution in [0.5, 0.6) is 0 Å². The number of hydrogen-bond donors (Lipinski definition) is 0. The zero-order valence-electron chi connectivity index (χ0n) is 18.8. The van der Waals surface area contributed by atoms with E-state index in [1.54, 1.807) is 30.8 Å². The van der Waals surface area contributed by atoms with Crippen molar-refractivity contribution in [1.29, 1.82) is 0 Å². The molecule has 3 fully saturated rings. The Bertz CT molecular complexity index is 642. The van der Waals surface area contributed by atoms with Gasteiger partial charge in [0.05, 0.1) is 24.0 Å². The molecular formula is C22H35F3N2O4. The van der Waals surface area contributed by atoms with Gasteiger partial charge in [-0.25, -0.2) is 13.2 Å². The third-order valence-corrected chi connectivity index (χ3v) is 7.29. The summed E-state index contributed by atoms with van der Waals surface area (Å²) in [5, 5.41) is 0. The van der Waals surface area contributed by atoms with E-state index in [9.17, 15) is 22.8 Å². The molecule has 0 spiro atoms. The number of methoxy groups -OCH3 is 2. The number of piperazine rings is 1. The van der Waals surface area contributed by atoms with Gasteiger partial charge in [-0.15, -0.1) is 0 Å². The molecule has 1 aliphatic heterocycles. The molecule has 31 heavy (non-hydrogen) atoms. The number of ether oxygens (including phenoxy) is 2. The van der Waals surface area contributed by atoms with Gasteiger partial charge in [-0.2, -0.15) is 0 Å². The number of hydrogen-bond acceptors (Lipinski definition) is 4. The van der Waals surface area contributed by atoms with Gasteiger partial charge in [0.2, 0.25) is 11.8 Å². The molecule has 0 aromatic heterocycles. The Balaban J connectivity index is 1.63. The van der Waals surface area contributed by atoms with E-state index in [0.29, 0.717) is 12.8 Å². The Hall–Kier alpha value is -1.35. The van der Waals surface area contributed by atoms with Crippen molar-refractivity contribution < 1.29 is 32.2 Å². The van der Waals surface area contributed by atoms with Crippen LogP contribution in [0.2, 0.25) is 0 Å². The molecule has 7 unspecified atom stereocenters. The van der Waals surface area contributed by atoms with Crippen LogP contribution < -0.4 is 0 Å². The molecule has 0 bridgehead atoms. The first-order valence-corrected chi connectivity index (χ1v) is 11.3. The topological polar surface area (TPSA) is 59.1 Å². The molecule has 3 aliphatic rings. The summed E-state index contributed by atoms with van der Waals surface area (Å²) < 4.78 is 53.8. The number of amides is 2. The Morgan fingerprint density at radius 3 is 1.97 bits per heavy atom. The fraction of sp³-hybridized carbons (Fsp3) is 0.909. The van der Waals surface area contributed by atoms with Gasteiger partial charge in [-0.3, -0.25) is 9.59 Å². The lowest BCUT2D eigenvalue weighted by molar-refractivity contribution is -0.158. The van der Waals surface area contributed by atoms with Crippen molar-refractivity contribution in [1.82, 2.24) is 9.80 Å². The first-order chi connectivity index (χ1) is 14.7. The first-order valence-electron chi connectivity index (χ1n) is 11.3. The fourth-order valence-corrected chi connectivity index (χ4v) is 5.53. The van der Waals surface area contributed by atoms with Crippen LogP contribution in [0.3, 0.4) is 0 Å². The highest BCUT2D eigenvalue weighted by atomic mass is 19.2. The largest absolute Gasteiger partial charge is 0.381 e. The fourth-order valence-electron chi connectivity index (χ4n) is 5.53. The highest BCUT2D eigenvalue weighted by Crippen LogP contribution is 2.35. The lowest BCUT2D eigenvalue weighted by atomic mass is 9.82. The molecule has 0 N–H and O–H groups in total. The monoisotopic (exact) mass is 448 g/mol. The highest BCUT2D eigenvalue weighted by molar-refractivity contribution is 5.82. The van der Waals surface area contributed by atoms with E-state index in [4.69, 9.17) is 9.47 Å². The Morgan fingerprint density at radius 2 is 1.42 bits per heavy atom. The minimum absolute atomic E-state index is 0.160. The second-order valence-electron chi connectivity index (χ2n) is 9.33. The molecule has 2 aliphatic carbocycles. The third-order valence-electron chi connectivity index (χ3n) is 7.29. The molecule has 178 valence electrons. The zero-order valence-corrected chi connectivity index (χ0v) is 18.8. The second kappa shape index (κ2) is 10.1. The summed E-state index contributed by atoms with van der Waals surface area (Å²) in [6.07, 6.45) is -4.17. The van der Waals surface area contributed by atoms with E-state index in [1.165, 1.54) is 7.11 Å². The predicted octanol–water partition coefficient (Wildman–Crippen LogP) is 2.69. The molecule has 2 saturated carbocycles. The molecule has 9 heteroatoms. The van der Waals surface area contributed by atoms with Crippen LogP contribution >= 0.6 is 0 Å². The number of carbonyl (C=O) groups excluding carboxylic acids is 2. The molecule has 9 atom stereocenters. The summed E-state index contributed by atoms with van der Waals surface area (Å²) in [6, 6.07) is -0.724. The maximum Gasteiger partial charge on any atom is 0.229 e. The smallest absolute Gasteiger partial charge is 0.229 e. The second-order valence-corrected chi connectivity index (χ2v) is 9.33. The summed E-state index contributed by atoms with van der Waals surface area (Å²) >= 11 is 0. The summed E-state index contributed by atoms with van der Waals surface area (Å²) in [5.41, 5.74) is 0. The summed E-state index contributed by atoms with van der Waals surface area (Å²) in [4.78, 5) is 29.3. The lowest BCUT2D eigenvalue weighted by Crippen LogP contribution is -2.63. The van der Waals surface area contributed by atoms with Crippen molar-refractivity contribution in [2.45, 2.75) is 88.8 Å². The van der Waals surface area contributed by atoms with Crippen LogP contribution in [0.1, 0.15) is 46.0 Å². The van der Waals surface area contributed by atoms with Crippen LogP contribution in [0.15, 0.2) is 0 Å². The Labute approximate surface area is 182 Å². The van der Waals surface area contributed by atoms with Crippen LogP contribution in [0.25, 0.3) is 0 Å². The number of carbonyl (C=O) groups is 2. The van der Waals surface area contributed by atoms with Gasteiger partial charge in [-0.1, -0.05) is 0 Å². The summed E-state index contributed by atoms with van der Waals surface area (Å²) in [6.45, 7) is 4.11. The molecule has 0 aromatic rings. The van der Waals surface area contributed by atoms with Gasteiger partial charge in [0, 0.05) is 45.8 Å². The van der Waals surface area contributed by atoms with Gasteiger partial charge in [0.15, 0.2) is 6.17 Å². The number of alkyl halides is 3. The van der Waals surface area contributed by atoms with Crippen LogP contribution in [0.4, 0.5) is 13.2 Å². The van der Waals surface area contributed by atoms with Gasteiger partial charge in [-0.05, 0) is 39.5 Å². The van der Waals surface area contributed by atoms with E-state index in [1.807, 2.05) is 0 Å². The van der Waals surface area contributed by atoms with Gasteiger partial charge >= 0.3 is 0 Å². The third kappa shape index (κ3) is 4.87. The molecule has 0 aromatic carbocycles. The summed E-state index contributed by atoms with van der Waals surface area (Å²) in [5.74, 6) is -2.39. The SMILES string of the molecule is COC1CCC(C(=O)N2C[C@@H](C)N(C(=O)C3CCC(OC)C(F)C3F)[C@H](C)C2)C(F)C1. The zero-order chi connectivity index (χ0) is 22.9. The maximum atomic E-state index is 14.7. The van der Waals surface area contributed by atoms with Crippen molar-refractivity contribution >= 4 is 11.8 Å². The molecular weight excluding hydrogens is 413 g/mol. The van der Waals surface area contributed by atoms with Crippen molar-refractivity contribution in [3.05, 3.63) is 0 Å². The minimum Gasteiger partial charge on any atom is -0.381 e. The number of nitrogens with zero attached hydrogens (tertiary/aromatic N) is 2. The van der Waals surface area contributed by atoms with Gasteiger partial charge in [0.1, 0.15) is 12.3 Å². The average molecular weight is 449 g/mol. The van der Waals surface area contributed by atoms with Gasteiger partial charge < -0.3 is 19.3 Å². The van der Waals surface area contributed by atoms with E-state index in [-0.39, 0.29) is 56.4 Å². The molecule has 1 saturated heterocycles. The van der Waals surface area contributed by atoms with E-state index in [2.05, 4.69) is 0 Å². The van der Waals surface area contributed by atoms with Crippen LogP contribution in [-0.4, -0.2) is 91.7 Å². The minimum atomic E-state index is -1.91. The van der Waals surface area contributed by atoms with E-state index < -0.39 is 42.4 Å². The first kappa shape index (κ1) is 24.3. The molecule has 1 heterocycles. The quantitative estimate of drug-likeness (QED) is 0.664. The number of halogens is 3. The van der Waals surface area contributed by atoms with E-state index in [0.717, 1.165) is 0 Å². The molecule has 2 amide bonds. The molecule has 6 nitrogen and oxygen atoms in total. The van der Waals surface area contributed by atoms with Gasteiger partial charge in [0.25, 0.3) is 0 Å². The Morgan fingerprint density at radius 1 is 0.806 bits per heavy atom. The van der Waals surface area contributed by atoms with Crippen molar-refractivity contribution in [3.63, 3.8) is 0 Å². The van der Waals surface area contributed by atoms with Crippen LogP contribution in [0, 0.1) is 11.8 Å². The molecule has 3 rings (SSSR count). The van der Waals surface area contributed by atoms with Crippen molar-refractivity contribution in [2.75, 3.05) is 27.3 Å². The Kier molecular flexibility index (Phi) is 7.89. The predicted molar refractivity (Wildman–Crippen MR) is 109 cm³/mol. The summed E-state index contributed by atoms with van der Waals surface area (Å²) in [7, 11) is 2.89. The van der Waals surface area contributed by atoms with Crippen LogP contribution in [-0.2, 0) is 19.1 Å². The van der Waals surface area contributed by atoms with Crippen molar-refractivity contribution in [3.8, 4) is 0 Å².